The van der Waals surface area contributed by atoms with Gasteiger partial charge in [-0.2, -0.15) is 0 Å². The van der Waals surface area contributed by atoms with E-state index in [1.165, 1.54) is 6.42 Å². The minimum atomic E-state index is -0.393. The van der Waals surface area contributed by atoms with E-state index in [1.54, 1.807) is 11.3 Å². The van der Waals surface area contributed by atoms with Gasteiger partial charge >= 0.3 is 0 Å². The summed E-state index contributed by atoms with van der Waals surface area (Å²) in [5.41, 5.74) is 0. The van der Waals surface area contributed by atoms with Crippen molar-refractivity contribution in [3.05, 3.63) is 19.2 Å². The largest absolute Gasteiger partial charge is 0.386 e. The lowest BCUT2D eigenvalue weighted by molar-refractivity contribution is 0.104. The summed E-state index contributed by atoms with van der Waals surface area (Å²) < 4.78 is 2.07. The van der Waals surface area contributed by atoms with E-state index in [2.05, 4.69) is 44.1 Å². The molecule has 1 saturated heterocycles. The first-order chi connectivity index (χ1) is 7.58. The molecule has 1 aliphatic rings. The molecule has 90 valence electrons. The summed E-state index contributed by atoms with van der Waals surface area (Å²) in [5, 5.41) is 13.7. The van der Waals surface area contributed by atoms with Gasteiger partial charge in [0, 0.05) is 15.4 Å². The third-order valence-electron chi connectivity index (χ3n) is 3.04. The SMILES string of the molecule is CC1CCNC(C(O)c2cc(Br)c(Br)s2)C1. The van der Waals surface area contributed by atoms with Crippen LogP contribution in [0, 0.1) is 5.92 Å². The molecule has 0 spiro atoms. The molecule has 0 aliphatic carbocycles. The fraction of sp³-hybridized carbons (Fsp3) is 0.636. The Kier molecular flexibility index (Phi) is 4.46. The highest BCUT2D eigenvalue weighted by molar-refractivity contribution is 9.13. The van der Waals surface area contributed by atoms with Crippen LogP contribution in [0.3, 0.4) is 0 Å². The predicted molar refractivity (Wildman–Crippen MR) is 74.9 cm³/mol. The Bertz CT molecular complexity index is 349. The summed E-state index contributed by atoms with van der Waals surface area (Å²) in [6.45, 7) is 3.26. The maximum atomic E-state index is 10.3. The maximum Gasteiger partial charge on any atom is 0.103 e. The van der Waals surface area contributed by atoms with Gasteiger partial charge in [0.15, 0.2) is 0 Å². The molecule has 16 heavy (non-hydrogen) atoms. The van der Waals surface area contributed by atoms with Crippen LogP contribution in [0.5, 0.6) is 0 Å². The van der Waals surface area contributed by atoms with Crippen LogP contribution in [0.25, 0.3) is 0 Å². The van der Waals surface area contributed by atoms with E-state index >= 15 is 0 Å². The van der Waals surface area contributed by atoms with Crippen LogP contribution in [0.15, 0.2) is 14.3 Å². The number of thiophene rings is 1. The minimum Gasteiger partial charge on any atom is -0.386 e. The molecule has 0 radical (unpaired) electrons. The number of piperidine rings is 1. The highest BCUT2D eigenvalue weighted by atomic mass is 79.9. The van der Waals surface area contributed by atoms with Crippen molar-refractivity contribution < 1.29 is 5.11 Å². The van der Waals surface area contributed by atoms with Crippen LogP contribution in [0.4, 0.5) is 0 Å². The van der Waals surface area contributed by atoms with E-state index in [-0.39, 0.29) is 6.04 Å². The molecule has 0 aromatic carbocycles. The van der Waals surface area contributed by atoms with Crippen molar-refractivity contribution in [2.24, 2.45) is 5.92 Å². The summed E-state index contributed by atoms with van der Waals surface area (Å²) >= 11 is 8.51. The summed E-state index contributed by atoms with van der Waals surface area (Å²) in [7, 11) is 0. The zero-order chi connectivity index (χ0) is 11.7. The Morgan fingerprint density at radius 1 is 1.56 bits per heavy atom. The molecule has 2 rings (SSSR count). The predicted octanol–water partition coefficient (Wildman–Crippen LogP) is 3.69. The molecule has 3 unspecified atom stereocenters. The number of aliphatic hydroxyl groups is 1. The van der Waals surface area contributed by atoms with Crippen LogP contribution in [-0.4, -0.2) is 17.7 Å². The third-order valence-corrected chi connectivity index (χ3v) is 6.36. The van der Waals surface area contributed by atoms with Crippen LogP contribution in [0.2, 0.25) is 0 Å². The van der Waals surface area contributed by atoms with Gasteiger partial charge in [0.1, 0.15) is 6.10 Å². The maximum absolute atomic E-state index is 10.3. The van der Waals surface area contributed by atoms with Gasteiger partial charge in [0.05, 0.1) is 3.79 Å². The average molecular weight is 369 g/mol. The molecule has 1 aliphatic heterocycles. The monoisotopic (exact) mass is 367 g/mol. The first-order valence-corrected chi connectivity index (χ1v) is 7.84. The molecule has 2 nitrogen and oxygen atoms in total. The first kappa shape index (κ1) is 13.0. The van der Waals surface area contributed by atoms with E-state index in [0.717, 1.165) is 26.1 Å². The Hall–Kier alpha value is 0.580. The molecule has 0 amide bonds. The van der Waals surface area contributed by atoms with Gasteiger partial charge in [-0.3, -0.25) is 0 Å². The molecular formula is C11H15Br2NOS. The summed E-state index contributed by atoms with van der Waals surface area (Å²) in [4.78, 5) is 1.02. The van der Waals surface area contributed by atoms with E-state index in [9.17, 15) is 5.11 Å². The first-order valence-electron chi connectivity index (χ1n) is 5.44. The Balaban J connectivity index is 2.08. The molecule has 1 fully saturated rings. The summed E-state index contributed by atoms with van der Waals surface area (Å²) in [6, 6.07) is 2.20. The average Bonchev–Trinajstić information content (AvgIpc) is 2.58. The Morgan fingerprint density at radius 2 is 2.31 bits per heavy atom. The normalized spacial score (nSPS) is 28.0. The van der Waals surface area contributed by atoms with Gasteiger partial charge < -0.3 is 10.4 Å². The number of hydrogen-bond donors (Lipinski definition) is 2. The molecule has 0 saturated carbocycles. The molecule has 2 heterocycles. The van der Waals surface area contributed by atoms with Crippen LogP contribution >= 0.6 is 43.2 Å². The zero-order valence-electron chi connectivity index (χ0n) is 9.04. The fourth-order valence-corrected chi connectivity index (χ4v) is 4.24. The number of hydrogen-bond acceptors (Lipinski definition) is 3. The number of rotatable bonds is 2. The second-order valence-electron chi connectivity index (χ2n) is 4.41. The smallest absolute Gasteiger partial charge is 0.103 e. The molecule has 1 aromatic heterocycles. The fourth-order valence-electron chi connectivity index (χ4n) is 2.10. The molecule has 2 N–H and O–H groups in total. The van der Waals surface area contributed by atoms with Crippen molar-refractivity contribution in [1.82, 2.24) is 5.32 Å². The van der Waals surface area contributed by atoms with Crippen molar-refractivity contribution >= 4 is 43.2 Å². The van der Waals surface area contributed by atoms with Gasteiger partial charge in [-0.1, -0.05) is 6.92 Å². The minimum absolute atomic E-state index is 0.196. The lowest BCUT2D eigenvalue weighted by atomic mass is 9.91. The molecule has 3 atom stereocenters. The topological polar surface area (TPSA) is 32.3 Å². The summed E-state index contributed by atoms with van der Waals surface area (Å²) in [5.74, 6) is 0.702. The van der Waals surface area contributed by atoms with Crippen molar-refractivity contribution in [3.63, 3.8) is 0 Å². The van der Waals surface area contributed by atoms with Crippen molar-refractivity contribution in [2.45, 2.75) is 31.9 Å². The van der Waals surface area contributed by atoms with Gasteiger partial charge in [-0.15, -0.1) is 11.3 Å². The number of aliphatic hydroxyl groups excluding tert-OH is 1. The van der Waals surface area contributed by atoms with Gasteiger partial charge in [-0.05, 0) is 63.2 Å². The van der Waals surface area contributed by atoms with Gasteiger partial charge in [-0.25, -0.2) is 0 Å². The van der Waals surface area contributed by atoms with Crippen molar-refractivity contribution in [3.8, 4) is 0 Å². The highest BCUT2D eigenvalue weighted by Gasteiger charge is 2.27. The van der Waals surface area contributed by atoms with Gasteiger partial charge in [0.2, 0.25) is 0 Å². The lowest BCUT2D eigenvalue weighted by Crippen LogP contribution is -2.41. The second kappa shape index (κ2) is 5.48. The Labute approximate surface area is 117 Å². The second-order valence-corrected chi connectivity index (χ2v) is 7.66. The lowest BCUT2D eigenvalue weighted by Gasteiger charge is -2.31. The van der Waals surface area contributed by atoms with Crippen molar-refractivity contribution in [1.29, 1.82) is 0 Å². The Morgan fingerprint density at radius 3 is 2.88 bits per heavy atom. The molecule has 5 heteroatoms. The zero-order valence-corrected chi connectivity index (χ0v) is 13.0. The van der Waals surface area contributed by atoms with Crippen LogP contribution in [0.1, 0.15) is 30.7 Å². The summed E-state index contributed by atoms with van der Waals surface area (Å²) in [6.07, 6.45) is 1.87. The molecule has 0 bridgehead atoms. The molecular weight excluding hydrogens is 354 g/mol. The molecule has 1 aromatic rings. The third kappa shape index (κ3) is 2.88. The van der Waals surface area contributed by atoms with Crippen LogP contribution in [-0.2, 0) is 0 Å². The standard InChI is InChI=1S/C11H15Br2NOS/c1-6-2-3-14-8(4-6)10(15)9-5-7(12)11(13)16-9/h5-6,8,10,14-15H,2-4H2,1H3. The number of nitrogens with one attached hydrogen (secondary N) is 1. The quantitative estimate of drug-likeness (QED) is 0.834. The van der Waals surface area contributed by atoms with Gasteiger partial charge in [0.25, 0.3) is 0 Å². The number of halogens is 2. The van der Waals surface area contributed by atoms with E-state index < -0.39 is 6.10 Å². The van der Waals surface area contributed by atoms with E-state index in [0.29, 0.717) is 5.92 Å². The van der Waals surface area contributed by atoms with E-state index in [1.807, 2.05) is 6.07 Å². The van der Waals surface area contributed by atoms with Crippen LogP contribution < -0.4 is 5.32 Å². The highest BCUT2D eigenvalue weighted by Crippen LogP contribution is 2.37. The van der Waals surface area contributed by atoms with Crippen molar-refractivity contribution in [2.75, 3.05) is 6.54 Å². The van der Waals surface area contributed by atoms with E-state index in [4.69, 9.17) is 0 Å².